The molecule has 0 aliphatic carbocycles. The number of nitrogens with zero attached hydrogens (tertiary/aromatic N) is 1. The molecule has 1 aromatic carbocycles. The molecule has 0 saturated heterocycles. The van der Waals surface area contributed by atoms with Gasteiger partial charge in [-0.25, -0.2) is 9.78 Å². The van der Waals surface area contributed by atoms with Gasteiger partial charge in [0.25, 0.3) is 0 Å². The molecule has 0 saturated carbocycles. The van der Waals surface area contributed by atoms with E-state index in [2.05, 4.69) is 10.3 Å². The Labute approximate surface area is 119 Å². The first-order chi connectivity index (χ1) is 9.56. The Kier molecular flexibility index (Phi) is 4.31. The van der Waals surface area contributed by atoms with Crippen LogP contribution in [0.5, 0.6) is 5.75 Å². The highest BCUT2D eigenvalue weighted by Gasteiger charge is 2.18. The molecule has 1 aromatic heterocycles. The summed E-state index contributed by atoms with van der Waals surface area (Å²) in [5.41, 5.74) is 0.287. The van der Waals surface area contributed by atoms with Gasteiger partial charge < -0.3 is 15.2 Å². The summed E-state index contributed by atoms with van der Waals surface area (Å²) in [7, 11) is 0. The number of carboxylic acid groups (broad SMARTS) is 1. The second kappa shape index (κ2) is 6.16. The van der Waals surface area contributed by atoms with Crippen molar-refractivity contribution in [2.45, 2.75) is 13.5 Å². The first-order valence-corrected chi connectivity index (χ1v) is 6.56. The third-order valence-electron chi connectivity index (χ3n) is 2.29. The fraction of sp³-hybridized carbons (Fsp3) is 0.154. The molecule has 0 radical (unpaired) electrons. The number of rotatable bonds is 5. The van der Waals surface area contributed by atoms with Crippen LogP contribution in [0.15, 0.2) is 30.3 Å². The Bertz CT molecular complexity index is 625. The van der Waals surface area contributed by atoms with Crippen molar-refractivity contribution in [2.24, 2.45) is 0 Å². The van der Waals surface area contributed by atoms with Gasteiger partial charge in [-0.1, -0.05) is 29.5 Å². The number of para-hydroxylation sites is 1. The van der Waals surface area contributed by atoms with E-state index in [4.69, 9.17) is 9.84 Å². The lowest BCUT2D eigenvalue weighted by Crippen LogP contribution is -2.06. The van der Waals surface area contributed by atoms with Gasteiger partial charge in [-0.3, -0.25) is 4.79 Å². The minimum atomic E-state index is -1.09. The van der Waals surface area contributed by atoms with Crippen molar-refractivity contribution in [1.29, 1.82) is 0 Å². The molecular weight excluding hydrogens is 280 g/mol. The van der Waals surface area contributed by atoms with Crippen LogP contribution < -0.4 is 10.1 Å². The van der Waals surface area contributed by atoms with Crippen LogP contribution in [0.25, 0.3) is 0 Å². The van der Waals surface area contributed by atoms with Gasteiger partial charge >= 0.3 is 5.97 Å². The van der Waals surface area contributed by atoms with E-state index in [1.54, 1.807) is 12.1 Å². The molecule has 20 heavy (non-hydrogen) atoms. The number of ether oxygens (including phenoxy) is 1. The zero-order chi connectivity index (χ0) is 14.5. The molecule has 0 unspecified atom stereocenters. The summed E-state index contributed by atoms with van der Waals surface area (Å²) in [6.45, 7) is 1.36. The van der Waals surface area contributed by atoms with Crippen LogP contribution >= 0.6 is 11.3 Å². The SMILES string of the molecule is CC(=O)Nc1nc(COc2ccccc2)c(C(=O)O)s1. The van der Waals surface area contributed by atoms with E-state index in [0.29, 0.717) is 5.75 Å². The number of aromatic nitrogens is 1. The molecule has 104 valence electrons. The molecule has 2 rings (SSSR count). The number of carbonyl (C=O) groups excluding carboxylic acids is 1. The van der Waals surface area contributed by atoms with Crippen LogP contribution in [0.1, 0.15) is 22.3 Å². The number of hydrogen-bond donors (Lipinski definition) is 2. The number of hydrogen-bond acceptors (Lipinski definition) is 5. The zero-order valence-electron chi connectivity index (χ0n) is 10.6. The largest absolute Gasteiger partial charge is 0.487 e. The van der Waals surface area contributed by atoms with Crippen molar-refractivity contribution in [3.63, 3.8) is 0 Å². The Balaban J connectivity index is 2.15. The highest BCUT2D eigenvalue weighted by Crippen LogP contribution is 2.24. The molecule has 7 heteroatoms. The number of nitrogens with one attached hydrogen (secondary N) is 1. The van der Waals surface area contributed by atoms with E-state index in [1.165, 1.54) is 6.92 Å². The lowest BCUT2D eigenvalue weighted by molar-refractivity contribution is -0.114. The van der Waals surface area contributed by atoms with Crippen molar-refractivity contribution in [3.05, 3.63) is 40.9 Å². The second-order valence-electron chi connectivity index (χ2n) is 3.88. The average Bonchev–Trinajstić information content (AvgIpc) is 2.80. The van der Waals surface area contributed by atoms with Crippen LogP contribution in [0.4, 0.5) is 5.13 Å². The zero-order valence-corrected chi connectivity index (χ0v) is 11.4. The number of thiazole rings is 1. The van der Waals surface area contributed by atoms with Crippen molar-refractivity contribution in [2.75, 3.05) is 5.32 Å². The molecule has 2 aromatic rings. The van der Waals surface area contributed by atoms with E-state index in [1.807, 2.05) is 18.2 Å². The maximum atomic E-state index is 11.1. The van der Waals surface area contributed by atoms with Gasteiger partial charge in [0.2, 0.25) is 5.91 Å². The molecule has 0 bridgehead atoms. The number of benzene rings is 1. The van der Waals surface area contributed by atoms with E-state index in [9.17, 15) is 9.59 Å². The predicted molar refractivity (Wildman–Crippen MR) is 74.2 cm³/mol. The number of anilines is 1. The van der Waals surface area contributed by atoms with Gasteiger partial charge in [-0.2, -0.15) is 0 Å². The van der Waals surface area contributed by atoms with Crippen LogP contribution in [-0.4, -0.2) is 22.0 Å². The molecular formula is C13H12N2O4S. The maximum absolute atomic E-state index is 11.1. The fourth-order valence-electron chi connectivity index (χ4n) is 1.49. The van der Waals surface area contributed by atoms with Crippen molar-refractivity contribution >= 4 is 28.3 Å². The van der Waals surface area contributed by atoms with Crippen molar-refractivity contribution < 1.29 is 19.4 Å². The smallest absolute Gasteiger partial charge is 0.348 e. The molecule has 2 N–H and O–H groups in total. The normalized spacial score (nSPS) is 10.1. The van der Waals surface area contributed by atoms with Gasteiger partial charge in [0.1, 0.15) is 22.9 Å². The fourth-order valence-corrected chi connectivity index (χ4v) is 2.34. The van der Waals surface area contributed by atoms with E-state index >= 15 is 0 Å². The van der Waals surface area contributed by atoms with Gasteiger partial charge in [-0.05, 0) is 12.1 Å². The second-order valence-corrected chi connectivity index (χ2v) is 4.88. The molecule has 0 spiro atoms. The lowest BCUT2D eigenvalue weighted by atomic mass is 10.3. The van der Waals surface area contributed by atoms with E-state index in [-0.39, 0.29) is 28.2 Å². The molecule has 1 heterocycles. The molecule has 1 amide bonds. The molecule has 0 atom stereocenters. The summed E-state index contributed by atoms with van der Waals surface area (Å²) in [6, 6.07) is 9.02. The van der Waals surface area contributed by atoms with Crippen LogP contribution in [0.2, 0.25) is 0 Å². The average molecular weight is 292 g/mol. The Morgan fingerprint density at radius 1 is 1.35 bits per heavy atom. The standard InChI is InChI=1S/C13H12N2O4S/c1-8(16)14-13-15-10(11(20-13)12(17)18)7-19-9-5-3-2-4-6-9/h2-6H,7H2,1H3,(H,17,18)(H,14,15,16). The topological polar surface area (TPSA) is 88.5 Å². The number of carboxylic acids is 1. The van der Waals surface area contributed by atoms with Gasteiger partial charge in [-0.15, -0.1) is 0 Å². The summed E-state index contributed by atoms with van der Waals surface area (Å²) in [4.78, 5) is 26.2. The van der Waals surface area contributed by atoms with Crippen LogP contribution in [0, 0.1) is 0 Å². The third-order valence-corrected chi connectivity index (χ3v) is 3.29. The molecule has 6 nitrogen and oxygen atoms in total. The quantitative estimate of drug-likeness (QED) is 0.883. The maximum Gasteiger partial charge on any atom is 0.348 e. The number of amides is 1. The minimum Gasteiger partial charge on any atom is -0.487 e. The van der Waals surface area contributed by atoms with Crippen molar-refractivity contribution in [3.8, 4) is 5.75 Å². The van der Waals surface area contributed by atoms with E-state index in [0.717, 1.165) is 11.3 Å². The molecule has 0 aliphatic heterocycles. The summed E-state index contributed by atoms with van der Waals surface area (Å²) < 4.78 is 5.47. The lowest BCUT2D eigenvalue weighted by Gasteiger charge is -2.04. The Morgan fingerprint density at radius 3 is 2.65 bits per heavy atom. The summed E-state index contributed by atoms with van der Waals surface area (Å²) in [5, 5.41) is 11.8. The van der Waals surface area contributed by atoms with E-state index < -0.39 is 5.97 Å². The van der Waals surface area contributed by atoms with Gasteiger partial charge in [0, 0.05) is 6.92 Å². The monoisotopic (exact) mass is 292 g/mol. The van der Waals surface area contributed by atoms with Crippen LogP contribution in [-0.2, 0) is 11.4 Å². The van der Waals surface area contributed by atoms with Crippen molar-refractivity contribution in [1.82, 2.24) is 4.98 Å². The Morgan fingerprint density at radius 2 is 2.05 bits per heavy atom. The molecule has 0 aliphatic rings. The summed E-state index contributed by atoms with van der Waals surface area (Å²) in [5.74, 6) is -0.769. The van der Waals surface area contributed by atoms with Gasteiger partial charge in [0.15, 0.2) is 5.13 Å². The highest BCUT2D eigenvalue weighted by atomic mass is 32.1. The number of carbonyl (C=O) groups is 2. The van der Waals surface area contributed by atoms with Crippen LogP contribution in [0.3, 0.4) is 0 Å². The first-order valence-electron chi connectivity index (χ1n) is 5.74. The predicted octanol–water partition coefficient (Wildman–Crippen LogP) is 2.38. The van der Waals surface area contributed by atoms with Gasteiger partial charge in [0.05, 0.1) is 0 Å². The Hall–Kier alpha value is -2.41. The summed E-state index contributed by atoms with van der Waals surface area (Å²) in [6.07, 6.45) is 0. The first kappa shape index (κ1) is 14.0. The third kappa shape index (κ3) is 3.55. The summed E-state index contributed by atoms with van der Waals surface area (Å²) >= 11 is 0.908. The minimum absolute atomic E-state index is 0.0295. The highest BCUT2D eigenvalue weighted by molar-refractivity contribution is 7.17. The number of aromatic carboxylic acids is 1. The molecule has 0 fully saturated rings.